The highest BCUT2D eigenvalue weighted by Crippen LogP contribution is 2.98. The highest BCUT2D eigenvalue weighted by atomic mass is 35.6. The molecule has 2 aliphatic rings. The van der Waals surface area contributed by atoms with Gasteiger partial charge < -0.3 is 5.11 Å². The second-order valence-corrected chi connectivity index (χ2v) is 17.9. The average molecular weight is 740 g/mol. The Bertz CT molecular complexity index is 629. The summed E-state index contributed by atoms with van der Waals surface area (Å²) in [6.07, 6.45) is 0. The van der Waals surface area contributed by atoms with Crippen molar-refractivity contribution in [2.75, 3.05) is 0 Å². The number of rotatable bonds is 0. The van der Waals surface area contributed by atoms with Crippen molar-refractivity contribution in [3.05, 3.63) is 0 Å². The molecule has 0 aliphatic heterocycles. The van der Waals surface area contributed by atoms with Crippen molar-refractivity contribution in [1.29, 1.82) is 0 Å². The van der Waals surface area contributed by atoms with Gasteiger partial charge in [0.2, 0.25) is 11.4 Å². The minimum atomic E-state index is -3.28. The van der Waals surface area contributed by atoms with Crippen LogP contribution in [0.3, 0.4) is 0 Å². The first-order valence-corrected chi connectivity index (χ1v) is 12.6. The average Bonchev–Trinajstić information content (AvgIpc) is 2.55. The Morgan fingerprint density at radius 3 is 1.00 bits per heavy atom. The van der Waals surface area contributed by atoms with Crippen molar-refractivity contribution >= 4 is 197 Å². The Balaban J connectivity index is 3.46. The molecular formula is C10HCl17O. The number of hydrogen-bond acceptors (Lipinski definition) is 1. The Kier molecular flexibility index (Phi) is 7.52. The fourth-order valence-corrected chi connectivity index (χ4v) is 13.6. The lowest BCUT2D eigenvalue weighted by Gasteiger charge is -2.59. The van der Waals surface area contributed by atoms with Gasteiger partial charge >= 0.3 is 0 Å². The van der Waals surface area contributed by atoms with Gasteiger partial charge in [0.05, 0.1) is 0 Å². The second kappa shape index (κ2) is 7.23. The van der Waals surface area contributed by atoms with Crippen LogP contribution in [0.2, 0.25) is 0 Å². The Hall–Kier alpha value is 4.89. The van der Waals surface area contributed by atoms with Crippen LogP contribution in [0.25, 0.3) is 0 Å². The van der Waals surface area contributed by atoms with E-state index in [0.717, 1.165) is 0 Å². The molecule has 2 saturated carbocycles. The first-order valence-electron chi connectivity index (χ1n) is 6.19. The molecule has 0 saturated heterocycles. The molecule has 2 rings (SSSR count). The summed E-state index contributed by atoms with van der Waals surface area (Å²) in [6.45, 7) is 0. The van der Waals surface area contributed by atoms with E-state index in [1.54, 1.807) is 0 Å². The summed E-state index contributed by atoms with van der Waals surface area (Å²) in [4.78, 5) is -2.99. The van der Waals surface area contributed by atoms with E-state index in [-0.39, 0.29) is 0 Å². The number of hydrogen-bond donors (Lipinski definition) is 1. The van der Waals surface area contributed by atoms with Crippen LogP contribution >= 0.6 is 197 Å². The Morgan fingerprint density at radius 1 is 0.464 bits per heavy atom. The predicted octanol–water partition coefficient (Wildman–Crippen LogP) is 9.52. The molecule has 1 nitrogen and oxygen atoms in total. The van der Waals surface area contributed by atoms with Gasteiger partial charge in [-0.2, -0.15) is 0 Å². The maximum absolute atomic E-state index is 11.3. The molecule has 3 unspecified atom stereocenters. The minimum absolute atomic E-state index is 2.83. The highest BCUT2D eigenvalue weighted by Gasteiger charge is 3.11. The zero-order chi connectivity index (χ0) is 23.0. The van der Waals surface area contributed by atoms with Crippen LogP contribution < -0.4 is 0 Å². The minimum Gasteiger partial charge on any atom is -0.371 e. The molecular weight excluding hydrogens is 739 g/mol. The topological polar surface area (TPSA) is 20.2 Å². The molecule has 166 valence electrons. The van der Waals surface area contributed by atoms with Gasteiger partial charge in [-0.15, -0.1) is 11.6 Å². The molecule has 0 radical (unpaired) electrons. The van der Waals surface area contributed by atoms with Crippen molar-refractivity contribution < 1.29 is 5.11 Å². The van der Waals surface area contributed by atoms with E-state index < -0.39 is 45.1 Å². The third-order valence-corrected chi connectivity index (χ3v) is 13.3. The van der Waals surface area contributed by atoms with Crippen LogP contribution in [0.15, 0.2) is 0 Å². The van der Waals surface area contributed by atoms with Crippen LogP contribution in [0, 0.1) is 10.8 Å². The van der Waals surface area contributed by atoms with Gasteiger partial charge in [0.25, 0.3) is 0 Å². The zero-order valence-corrected chi connectivity index (χ0v) is 24.7. The zero-order valence-electron chi connectivity index (χ0n) is 11.9. The van der Waals surface area contributed by atoms with Crippen LogP contribution in [0.4, 0.5) is 0 Å². The number of aliphatic hydroxyl groups is 1. The maximum Gasteiger partial charge on any atom is 0.204 e. The summed E-state index contributed by atoms with van der Waals surface area (Å²) < 4.78 is -17.6. The standard InChI is InChI=1S/C10HCl17O/c11-3-1(8(19,20)21,9(22,23)24)2(10(25,26)27,4(12,13)5(3,14)15)7(18,28)6(3,16)17/h28H. The van der Waals surface area contributed by atoms with E-state index in [1.807, 2.05) is 0 Å². The summed E-state index contributed by atoms with van der Waals surface area (Å²) in [5, 5.41) is 8.04. The van der Waals surface area contributed by atoms with Gasteiger partial charge in [0, 0.05) is 0 Å². The van der Waals surface area contributed by atoms with E-state index in [2.05, 4.69) is 0 Å². The van der Waals surface area contributed by atoms with Crippen molar-refractivity contribution in [1.82, 2.24) is 0 Å². The molecule has 18 heteroatoms. The summed E-state index contributed by atoms with van der Waals surface area (Å²) >= 11 is 107. The quantitative estimate of drug-likeness (QED) is 0.246. The van der Waals surface area contributed by atoms with Gasteiger partial charge in [0.1, 0.15) is 15.7 Å². The summed E-state index contributed by atoms with van der Waals surface area (Å²) in [6, 6.07) is 0. The molecule has 2 bridgehead atoms. The number of fused-ring (bicyclic) bond motifs is 2. The van der Waals surface area contributed by atoms with Gasteiger partial charge in [-0.25, -0.2) is 0 Å². The molecule has 2 aliphatic carbocycles. The van der Waals surface area contributed by atoms with E-state index in [4.69, 9.17) is 197 Å². The van der Waals surface area contributed by atoms with Gasteiger partial charge in [-0.1, -0.05) is 186 Å². The summed E-state index contributed by atoms with van der Waals surface area (Å²) in [7, 11) is 0. The SMILES string of the molecule is OC1(Cl)C(Cl)(Cl)C2(Cl)C(Cl)(Cl)C(Cl)(Cl)C1(C(Cl)(Cl)Cl)C2(C(Cl)(Cl)Cl)C(Cl)(Cl)Cl. The molecule has 0 aromatic carbocycles. The summed E-state index contributed by atoms with van der Waals surface area (Å²) in [5.41, 5.74) is -6.21. The fraction of sp³-hybridized carbons (Fsp3) is 1.00. The molecule has 0 spiro atoms. The van der Waals surface area contributed by atoms with Crippen LogP contribution in [-0.4, -0.2) is 39.4 Å². The molecule has 3 atom stereocenters. The third kappa shape index (κ3) is 2.56. The van der Waals surface area contributed by atoms with Gasteiger partial charge in [-0.3, -0.25) is 0 Å². The van der Waals surface area contributed by atoms with E-state index in [0.29, 0.717) is 0 Å². The second-order valence-electron chi connectivity index (χ2n) is 6.00. The van der Waals surface area contributed by atoms with Crippen LogP contribution in [-0.2, 0) is 0 Å². The van der Waals surface area contributed by atoms with Gasteiger partial charge in [0.15, 0.2) is 18.1 Å². The highest BCUT2D eigenvalue weighted by molar-refractivity contribution is 6.80. The molecule has 0 heterocycles. The van der Waals surface area contributed by atoms with Gasteiger partial charge in [-0.05, 0) is 0 Å². The fourth-order valence-electron chi connectivity index (χ4n) is 4.09. The summed E-state index contributed by atoms with van der Waals surface area (Å²) in [5.74, 6) is 0. The van der Waals surface area contributed by atoms with Crippen molar-refractivity contribution in [2.24, 2.45) is 10.8 Å². The predicted molar refractivity (Wildman–Crippen MR) is 128 cm³/mol. The van der Waals surface area contributed by atoms with E-state index in [1.165, 1.54) is 0 Å². The lowest BCUT2D eigenvalue weighted by Crippen LogP contribution is -2.74. The lowest BCUT2D eigenvalue weighted by atomic mass is 9.67. The maximum atomic E-state index is 11.3. The monoisotopic (exact) mass is 731 g/mol. The van der Waals surface area contributed by atoms with Crippen LogP contribution in [0.5, 0.6) is 0 Å². The molecule has 0 amide bonds. The van der Waals surface area contributed by atoms with E-state index >= 15 is 0 Å². The largest absolute Gasteiger partial charge is 0.371 e. The Morgan fingerprint density at radius 2 is 0.786 bits per heavy atom. The molecule has 28 heavy (non-hydrogen) atoms. The van der Waals surface area contributed by atoms with Crippen LogP contribution in [0.1, 0.15) is 0 Å². The number of halogens is 17. The van der Waals surface area contributed by atoms with Crippen molar-refractivity contribution in [2.45, 2.75) is 34.3 Å². The molecule has 2 fully saturated rings. The first-order chi connectivity index (χ1) is 11.8. The number of alkyl halides is 17. The molecule has 0 aromatic heterocycles. The first kappa shape index (κ1) is 29.1. The van der Waals surface area contributed by atoms with Crippen molar-refractivity contribution in [3.8, 4) is 0 Å². The Labute approximate surface area is 244 Å². The lowest BCUT2D eigenvalue weighted by molar-refractivity contribution is -0.0532. The van der Waals surface area contributed by atoms with E-state index in [9.17, 15) is 5.11 Å². The van der Waals surface area contributed by atoms with Crippen molar-refractivity contribution in [3.63, 3.8) is 0 Å². The molecule has 1 N–H and O–H groups in total. The molecule has 0 aromatic rings. The smallest absolute Gasteiger partial charge is 0.204 e. The third-order valence-electron chi connectivity index (χ3n) is 5.00. The normalized spacial score (nSPS) is 41.4.